The summed E-state index contributed by atoms with van der Waals surface area (Å²) in [6.07, 6.45) is 3.61. The second-order valence-electron chi connectivity index (χ2n) is 9.32. The van der Waals surface area contributed by atoms with Crippen LogP contribution >= 0.6 is 0 Å². The molecule has 2 aliphatic heterocycles. The minimum atomic E-state index is -0.0956. The Bertz CT molecular complexity index is 1350. The molecule has 182 valence electrons. The van der Waals surface area contributed by atoms with Crippen molar-refractivity contribution in [3.05, 3.63) is 48.3 Å². The zero-order valence-electron chi connectivity index (χ0n) is 19.9. The summed E-state index contributed by atoms with van der Waals surface area (Å²) in [7, 11) is 1.47. The van der Waals surface area contributed by atoms with Crippen LogP contribution in [0.2, 0.25) is 0 Å². The smallest absolute Gasteiger partial charge is 0.308 e. The van der Waals surface area contributed by atoms with Gasteiger partial charge in [-0.15, -0.1) is 0 Å². The number of fused-ring (bicyclic) bond motifs is 2. The van der Waals surface area contributed by atoms with Crippen LogP contribution in [-0.2, 0) is 20.8 Å². The molecule has 0 atom stereocenters. The van der Waals surface area contributed by atoms with E-state index in [1.165, 1.54) is 7.11 Å². The van der Waals surface area contributed by atoms with Gasteiger partial charge in [-0.25, -0.2) is 4.98 Å². The Morgan fingerprint density at radius 3 is 2.77 bits per heavy atom. The Labute approximate surface area is 203 Å². The molecule has 0 amide bonds. The molecule has 0 unspecified atom stereocenters. The largest absolute Gasteiger partial charge is 0.469 e. The van der Waals surface area contributed by atoms with Crippen molar-refractivity contribution in [3.8, 4) is 11.3 Å². The number of nitrogens with one attached hydrogen (secondary N) is 1. The highest BCUT2D eigenvalue weighted by Crippen LogP contribution is 2.31. The first-order valence-electron chi connectivity index (χ1n) is 12.3. The number of H-pyrrole nitrogens is 1. The van der Waals surface area contributed by atoms with Gasteiger partial charge in [-0.05, 0) is 38.1 Å². The van der Waals surface area contributed by atoms with Gasteiger partial charge in [0.1, 0.15) is 5.82 Å². The van der Waals surface area contributed by atoms with Crippen LogP contribution < -0.4 is 4.90 Å². The Hall–Kier alpha value is -3.43. The third-order valence-electron chi connectivity index (χ3n) is 7.17. The number of carbonyl (C=O) groups is 1. The average molecular weight is 475 g/mol. The van der Waals surface area contributed by atoms with Crippen molar-refractivity contribution >= 4 is 28.3 Å². The van der Waals surface area contributed by atoms with Gasteiger partial charge in [-0.2, -0.15) is 9.61 Å². The Morgan fingerprint density at radius 1 is 1.14 bits per heavy atom. The molecular weight excluding hydrogens is 444 g/mol. The van der Waals surface area contributed by atoms with Crippen LogP contribution in [0.25, 0.3) is 27.8 Å². The second kappa shape index (κ2) is 9.31. The fraction of sp³-hybridized carbons (Fsp3) is 0.423. The summed E-state index contributed by atoms with van der Waals surface area (Å²) in [5, 5.41) is 6.13. The zero-order chi connectivity index (χ0) is 23.8. The van der Waals surface area contributed by atoms with E-state index in [0.29, 0.717) is 13.2 Å². The van der Waals surface area contributed by atoms with Gasteiger partial charge in [0.15, 0.2) is 5.65 Å². The number of ether oxygens (including phenoxy) is 2. The van der Waals surface area contributed by atoms with Crippen LogP contribution in [0.15, 0.2) is 42.6 Å². The molecule has 2 fully saturated rings. The first-order valence-corrected chi connectivity index (χ1v) is 12.3. The topological polar surface area (TPSA) is 88.0 Å². The van der Waals surface area contributed by atoms with Crippen molar-refractivity contribution in [3.63, 3.8) is 0 Å². The highest BCUT2D eigenvalue weighted by molar-refractivity contribution is 5.94. The van der Waals surface area contributed by atoms with Gasteiger partial charge in [-0.1, -0.05) is 12.1 Å². The summed E-state index contributed by atoms with van der Waals surface area (Å²) in [4.78, 5) is 24.9. The van der Waals surface area contributed by atoms with Crippen LogP contribution in [0.5, 0.6) is 0 Å². The summed E-state index contributed by atoms with van der Waals surface area (Å²) in [5.41, 5.74) is 4.97. The van der Waals surface area contributed by atoms with Crippen molar-refractivity contribution in [2.75, 3.05) is 51.4 Å². The SMILES string of the molecule is COC(=O)C1CCN(Cc2cc3nc(-c4cccc5[nH]ccc45)cc(N4CCOCC4)n3n2)CC1. The molecule has 35 heavy (non-hydrogen) atoms. The highest BCUT2D eigenvalue weighted by Gasteiger charge is 2.26. The van der Waals surface area contributed by atoms with Gasteiger partial charge in [0, 0.05) is 54.4 Å². The van der Waals surface area contributed by atoms with Crippen LogP contribution in [-0.4, -0.2) is 77.0 Å². The summed E-state index contributed by atoms with van der Waals surface area (Å²) < 4.78 is 12.5. The van der Waals surface area contributed by atoms with Gasteiger partial charge in [-0.3, -0.25) is 9.69 Å². The first kappa shape index (κ1) is 22.1. The number of rotatable bonds is 5. The van der Waals surface area contributed by atoms with E-state index in [0.717, 1.165) is 84.9 Å². The zero-order valence-corrected chi connectivity index (χ0v) is 19.9. The number of likely N-dealkylation sites (tertiary alicyclic amines) is 1. The molecule has 4 aromatic rings. The lowest BCUT2D eigenvalue weighted by Gasteiger charge is -2.30. The monoisotopic (exact) mass is 474 g/mol. The number of anilines is 1. The van der Waals surface area contributed by atoms with Gasteiger partial charge < -0.3 is 19.4 Å². The molecule has 0 spiro atoms. The summed E-state index contributed by atoms with van der Waals surface area (Å²) in [5.74, 6) is 0.948. The maximum atomic E-state index is 11.9. The molecule has 0 saturated carbocycles. The maximum Gasteiger partial charge on any atom is 0.308 e. The van der Waals surface area contributed by atoms with E-state index >= 15 is 0 Å². The second-order valence-corrected chi connectivity index (χ2v) is 9.32. The van der Waals surface area contributed by atoms with Crippen molar-refractivity contribution in [2.24, 2.45) is 5.92 Å². The van der Waals surface area contributed by atoms with E-state index in [2.05, 4.69) is 51.2 Å². The van der Waals surface area contributed by atoms with E-state index < -0.39 is 0 Å². The minimum Gasteiger partial charge on any atom is -0.469 e. The first-order chi connectivity index (χ1) is 17.2. The standard InChI is InChI=1S/C26H30N6O3/c1-34-26(33)18-6-9-30(10-7-18)17-19-15-24-28-23(20-3-2-4-22-21(20)5-8-27-22)16-25(32(24)29-19)31-11-13-35-14-12-31/h2-5,8,15-16,18,27H,6-7,9-14,17H2,1H3. The number of hydrogen-bond donors (Lipinski definition) is 1. The molecule has 2 aliphatic rings. The van der Waals surface area contributed by atoms with Crippen molar-refractivity contribution in [1.29, 1.82) is 0 Å². The molecule has 0 radical (unpaired) electrons. The maximum absolute atomic E-state index is 11.9. The van der Waals surface area contributed by atoms with E-state index in [1.54, 1.807) is 0 Å². The number of benzene rings is 1. The summed E-state index contributed by atoms with van der Waals surface area (Å²) >= 11 is 0. The lowest BCUT2D eigenvalue weighted by atomic mass is 9.97. The number of piperidine rings is 1. The molecule has 1 aromatic carbocycles. The van der Waals surface area contributed by atoms with Crippen molar-refractivity contribution in [2.45, 2.75) is 19.4 Å². The van der Waals surface area contributed by atoms with E-state index in [-0.39, 0.29) is 11.9 Å². The van der Waals surface area contributed by atoms with Crippen LogP contribution in [0.4, 0.5) is 5.82 Å². The number of nitrogens with zero attached hydrogens (tertiary/aromatic N) is 5. The lowest BCUT2D eigenvalue weighted by molar-refractivity contribution is -0.147. The number of morpholine rings is 1. The van der Waals surface area contributed by atoms with Gasteiger partial charge in [0.2, 0.25) is 0 Å². The molecule has 1 N–H and O–H groups in total. The van der Waals surface area contributed by atoms with Gasteiger partial charge in [0.05, 0.1) is 37.6 Å². The molecule has 9 heteroatoms. The quantitative estimate of drug-likeness (QED) is 0.445. The summed E-state index contributed by atoms with van der Waals surface area (Å²) in [6, 6.07) is 12.6. The van der Waals surface area contributed by atoms with Gasteiger partial charge in [0.25, 0.3) is 0 Å². The minimum absolute atomic E-state index is 0.00519. The number of aromatic nitrogens is 4. The predicted molar refractivity (Wildman–Crippen MR) is 133 cm³/mol. The van der Waals surface area contributed by atoms with Crippen LogP contribution in [0, 0.1) is 5.92 Å². The number of hydrogen-bond acceptors (Lipinski definition) is 7. The fourth-order valence-electron chi connectivity index (χ4n) is 5.27. The average Bonchev–Trinajstić information content (AvgIpc) is 3.55. The molecule has 9 nitrogen and oxygen atoms in total. The normalized spacial score (nSPS) is 17.9. The van der Waals surface area contributed by atoms with Crippen LogP contribution in [0.3, 0.4) is 0 Å². The van der Waals surface area contributed by atoms with E-state index in [4.69, 9.17) is 19.6 Å². The highest BCUT2D eigenvalue weighted by atomic mass is 16.5. The summed E-state index contributed by atoms with van der Waals surface area (Å²) in [6.45, 7) is 5.51. The van der Waals surface area contributed by atoms with Gasteiger partial charge >= 0.3 is 5.97 Å². The third-order valence-corrected chi connectivity index (χ3v) is 7.17. The Balaban J connectivity index is 1.34. The number of carbonyl (C=O) groups excluding carboxylic acids is 1. The van der Waals surface area contributed by atoms with Crippen molar-refractivity contribution < 1.29 is 14.3 Å². The molecule has 0 bridgehead atoms. The van der Waals surface area contributed by atoms with E-state index in [9.17, 15) is 4.79 Å². The number of aromatic amines is 1. The van der Waals surface area contributed by atoms with Crippen molar-refractivity contribution in [1.82, 2.24) is 24.5 Å². The Kier molecular flexibility index (Phi) is 5.87. The molecule has 2 saturated heterocycles. The predicted octanol–water partition coefficient (Wildman–Crippen LogP) is 3.10. The number of esters is 1. The Morgan fingerprint density at radius 2 is 1.97 bits per heavy atom. The molecule has 0 aliphatic carbocycles. The van der Waals surface area contributed by atoms with E-state index in [1.807, 2.05) is 10.7 Å². The number of methoxy groups -OCH3 is 1. The molecule has 6 rings (SSSR count). The lowest BCUT2D eigenvalue weighted by Crippen LogP contribution is -2.37. The third kappa shape index (κ3) is 4.26. The fourth-order valence-corrected chi connectivity index (χ4v) is 5.27. The molecule has 3 aromatic heterocycles. The molecule has 5 heterocycles. The van der Waals surface area contributed by atoms with Crippen LogP contribution in [0.1, 0.15) is 18.5 Å². The molecular formula is C26H30N6O3.